The SMILES string of the molecule is CCCc1ccc(C(F)(F)Oc2ccc(-c3ccc(-c4cc(F)c(F)c(F)c4)c(F)c3)cc2)c(F)c1F. The molecule has 1 nitrogen and oxygen atoms in total. The van der Waals surface area contributed by atoms with Gasteiger partial charge in [-0.05, 0) is 65.1 Å². The van der Waals surface area contributed by atoms with E-state index in [0.717, 1.165) is 30.3 Å². The number of benzene rings is 4. The summed E-state index contributed by atoms with van der Waals surface area (Å²) >= 11 is 0. The topological polar surface area (TPSA) is 9.23 Å². The van der Waals surface area contributed by atoms with Crippen LogP contribution < -0.4 is 4.74 Å². The smallest absolute Gasteiger partial charge is 0.429 e. The molecular weight excluding hydrogens is 504 g/mol. The van der Waals surface area contributed by atoms with Gasteiger partial charge in [-0.15, -0.1) is 0 Å². The van der Waals surface area contributed by atoms with Crippen LogP contribution in [0.4, 0.5) is 35.1 Å². The lowest BCUT2D eigenvalue weighted by molar-refractivity contribution is -0.187. The largest absolute Gasteiger partial charge is 0.429 e. The highest BCUT2D eigenvalue weighted by Gasteiger charge is 2.39. The fourth-order valence-electron chi connectivity index (χ4n) is 3.83. The number of alkyl halides is 2. The molecule has 4 aromatic rings. The zero-order chi connectivity index (χ0) is 26.9. The average molecular weight is 522 g/mol. The minimum Gasteiger partial charge on any atom is -0.429 e. The van der Waals surface area contributed by atoms with Crippen LogP contribution in [0.3, 0.4) is 0 Å². The van der Waals surface area contributed by atoms with Gasteiger partial charge in [-0.25, -0.2) is 26.3 Å². The summed E-state index contributed by atoms with van der Waals surface area (Å²) in [6, 6.07) is 11.8. The molecule has 0 saturated heterocycles. The minimum absolute atomic E-state index is 0.0168. The van der Waals surface area contributed by atoms with E-state index in [2.05, 4.69) is 4.74 Å². The van der Waals surface area contributed by atoms with E-state index in [0.29, 0.717) is 29.7 Å². The highest BCUT2D eigenvalue weighted by Crippen LogP contribution is 2.36. The molecular formula is C28H18F8O. The highest BCUT2D eigenvalue weighted by molar-refractivity contribution is 5.71. The molecule has 0 spiro atoms. The first-order valence-corrected chi connectivity index (χ1v) is 11.1. The van der Waals surface area contributed by atoms with Crippen molar-refractivity contribution >= 4 is 0 Å². The van der Waals surface area contributed by atoms with Crippen LogP contribution in [0.25, 0.3) is 22.3 Å². The van der Waals surface area contributed by atoms with Gasteiger partial charge in [0.15, 0.2) is 29.1 Å². The van der Waals surface area contributed by atoms with E-state index in [-0.39, 0.29) is 28.9 Å². The van der Waals surface area contributed by atoms with Gasteiger partial charge < -0.3 is 4.74 Å². The van der Waals surface area contributed by atoms with Gasteiger partial charge in [-0.1, -0.05) is 43.7 Å². The molecule has 0 bridgehead atoms. The van der Waals surface area contributed by atoms with Gasteiger partial charge in [-0.3, -0.25) is 0 Å². The number of hydrogen-bond donors (Lipinski definition) is 0. The first-order chi connectivity index (χ1) is 17.5. The van der Waals surface area contributed by atoms with Crippen LogP contribution in [0.2, 0.25) is 0 Å². The van der Waals surface area contributed by atoms with E-state index in [1.807, 2.05) is 0 Å². The third-order valence-electron chi connectivity index (χ3n) is 5.69. The molecule has 0 amide bonds. The minimum atomic E-state index is -4.18. The Balaban J connectivity index is 1.55. The van der Waals surface area contributed by atoms with E-state index in [1.54, 1.807) is 6.92 Å². The molecule has 0 radical (unpaired) electrons. The summed E-state index contributed by atoms with van der Waals surface area (Å²) in [7, 11) is 0. The summed E-state index contributed by atoms with van der Waals surface area (Å²) in [6.07, 6.45) is -3.48. The van der Waals surface area contributed by atoms with E-state index in [9.17, 15) is 35.1 Å². The molecule has 9 heteroatoms. The van der Waals surface area contributed by atoms with Crippen molar-refractivity contribution in [3.05, 3.63) is 113 Å². The van der Waals surface area contributed by atoms with Crippen molar-refractivity contribution in [1.82, 2.24) is 0 Å². The van der Waals surface area contributed by atoms with Crippen LogP contribution in [0.1, 0.15) is 24.5 Å². The Labute approximate surface area is 207 Å². The summed E-state index contributed by atoms with van der Waals surface area (Å²) in [4.78, 5) is 0. The molecule has 4 rings (SSSR count). The van der Waals surface area contributed by atoms with Crippen LogP contribution in [0.15, 0.2) is 66.7 Å². The Bertz CT molecular complexity index is 1420. The van der Waals surface area contributed by atoms with Gasteiger partial charge in [0, 0.05) is 5.56 Å². The van der Waals surface area contributed by atoms with E-state index < -0.39 is 46.6 Å². The Kier molecular flexibility index (Phi) is 7.25. The monoisotopic (exact) mass is 522 g/mol. The van der Waals surface area contributed by atoms with Crippen molar-refractivity contribution in [2.75, 3.05) is 0 Å². The lowest BCUT2D eigenvalue weighted by Crippen LogP contribution is -2.24. The Morgan fingerprint density at radius 2 is 1.22 bits per heavy atom. The Morgan fingerprint density at radius 3 is 1.81 bits per heavy atom. The molecule has 0 N–H and O–H groups in total. The molecule has 0 aliphatic heterocycles. The van der Waals surface area contributed by atoms with Gasteiger partial charge in [-0.2, -0.15) is 8.78 Å². The van der Waals surface area contributed by atoms with Gasteiger partial charge in [0.05, 0.1) is 0 Å². The molecule has 0 fully saturated rings. The number of hydrogen-bond acceptors (Lipinski definition) is 1. The number of ether oxygens (including phenoxy) is 1. The number of halogens is 8. The predicted octanol–water partition coefficient (Wildman–Crippen LogP) is 8.94. The Hall–Kier alpha value is -3.88. The Morgan fingerprint density at radius 1 is 0.622 bits per heavy atom. The maximum absolute atomic E-state index is 14.7. The summed E-state index contributed by atoms with van der Waals surface area (Å²) in [5.74, 6) is -8.87. The molecule has 0 aromatic heterocycles. The average Bonchev–Trinajstić information content (AvgIpc) is 2.85. The first kappa shape index (κ1) is 26.2. The molecule has 0 atom stereocenters. The first-order valence-electron chi connectivity index (χ1n) is 11.1. The lowest BCUT2D eigenvalue weighted by atomic mass is 9.99. The second-order valence-corrected chi connectivity index (χ2v) is 8.24. The molecule has 192 valence electrons. The quantitative estimate of drug-likeness (QED) is 0.174. The van der Waals surface area contributed by atoms with Crippen molar-refractivity contribution < 1.29 is 39.9 Å². The maximum Gasteiger partial charge on any atom is 0.429 e. The summed E-state index contributed by atoms with van der Waals surface area (Å²) < 4.78 is 117. The van der Waals surface area contributed by atoms with E-state index >= 15 is 0 Å². The molecule has 0 aliphatic carbocycles. The lowest BCUT2D eigenvalue weighted by Gasteiger charge is -2.20. The molecule has 4 aromatic carbocycles. The van der Waals surface area contributed by atoms with Gasteiger partial charge >= 0.3 is 6.11 Å². The van der Waals surface area contributed by atoms with E-state index in [4.69, 9.17) is 0 Å². The van der Waals surface area contributed by atoms with E-state index in [1.165, 1.54) is 24.3 Å². The van der Waals surface area contributed by atoms with Crippen LogP contribution in [-0.4, -0.2) is 0 Å². The summed E-state index contributed by atoms with van der Waals surface area (Å²) in [6.45, 7) is 1.74. The van der Waals surface area contributed by atoms with Crippen LogP contribution >= 0.6 is 0 Å². The summed E-state index contributed by atoms with van der Waals surface area (Å²) in [5.41, 5.74) is -0.990. The van der Waals surface area contributed by atoms with Crippen molar-refractivity contribution in [2.45, 2.75) is 25.9 Å². The van der Waals surface area contributed by atoms with Crippen molar-refractivity contribution in [1.29, 1.82) is 0 Å². The molecule has 37 heavy (non-hydrogen) atoms. The van der Waals surface area contributed by atoms with Crippen molar-refractivity contribution in [3.8, 4) is 28.0 Å². The summed E-state index contributed by atoms with van der Waals surface area (Å²) in [5, 5.41) is 0. The molecule has 0 unspecified atom stereocenters. The fraction of sp³-hybridized carbons (Fsp3) is 0.143. The van der Waals surface area contributed by atoms with Gasteiger partial charge in [0.2, 0.25) is 0 Å². The van der Waals surface area contributed by atoms with Crippen molar-refractivity contribution in [3.63, 3.8) is 0 Å². The second kappa shape index (κ2) is 10.2. The standard InChI is InChI=1S/C28H18F8O/c1-2-3-16-7-11-21(26(33)25(16)32)28(35,36)37-19-8-4-15(5-9-19)17-6-10-20(22(29)12-17)18-13-23(30)27(34)24(31)14-18/h4-14H,2-3H2,1H3. The molecule has 0 saturated carbocycles. The van der Waals surface area contributed by atoms with Crippen LogP contribution in [-0.2, 0) is 12.5 Å². The van der Waals surface area contributed by atoms with Crippen molar-refractivity contribution in [2.24, 2.45) is 0 Å². The van der Waals surface area contributed by atoms with Gasteiger partial charge in [0.25, 0.3) is 0 Å². The van der Waals surface area contributed by atoms with Crippen LogP contribution in [0, 0.1) is 34.9 Å². The third kappa shape index (κ3) is 5.30. The second-order valence-electron chi connectivity index (χ2n) is 8.24. The fourth-order valence-corrected chi connectivity index (χ4v) is 3.83. The maximum atomic E-state index is 14.7. The normalized spacial score (nSPS) is 11.6. The highest BCUT2D eigenvalue weighted by atomic mass is 19.3. The predicted molar refractivity (Wildman–Crippen MR) is 122 cm³/mol. The zero-order valence-corrected chi connectivity index (χ0v) is 19.2. The molecule has 0 heterocycles. The van der Waals surface area contributed by atoms with Crippen LogP contribution in [0.5, 0.6) is 5.75 Å². The third-order valence-corrected chi connectivity index (χ3v) is 5.69. The molecule has 0 aliphatic rings. The number of rotatable bonds is 7. The zero-order valence-electron chi connectivity index (χ0n) is 19.2. The van der Waals surface area contributed by atoms with Gasteiger partial charge in [0.1, 0.15) is 17.1 Å². The number of aryl methyl sites for hydroxylation is 1.